The van der Waals surface area contributed by atoms with Crippen LogP contribution in [0.25, 0.3) is 0 Å². The molecule has 9 heteroatoms. The number of nitrogens with zero attached hydrogens (tertiary/aromatic N) is 1. The van der Waals surface area contributed by atoms with E-state index in [-0.39, 0.29) is 11.7 Å². The van der Waals surface area contributed by atoms with Crippen molar-refractivity contribution in [3.63, 3.8) is 0 Å². The Kier molecular flexibility index (Phi) is 5.77. The predicted octanol–water partition coefficient (Wildman–Crippen LogP) is 3.80. The second-order valence-corrected chi connectivity index (χ2v) is 7.04. The molecule has 0 aliphatic carbocycles. The van der Waals surface area contributed by atoms with Crippen LogP contribution in [-0.4, -0.2) is 36.8 Å². The summed E-state index contributed by atoms with van der Waals surface area (Å²) in [6.07, 6.45) is -0.499. The minimum absolute atomic E-state index is 0.0568. The maximum atomic E-state index is 12.3. The number of carbonyl (C=O) groups is 1. The van der Waals surface area contributed by atoms with Crippen molar-refractivity contribution >= 4 is 22.4 Å². The monoisotopic (exact) mass is 385 g/mol. The van der Waals surface area contributed by atoms with Gasteiger partial charge < -0.3 is 10.1 Å². The number of ether oxygens (including phenoxy) is 1. The number of aromatic nitrogens is 1. The molecule has 1 aromatic heterocycles. The highest BCUT2D eigenvalue weighted by Crippen LogP contribution is 2.31. The van der Waals surface area contributed by atoms with Gasteiger partial charge in [-0.1, -0.05) is 0 Å². The van der Waals surface area contributed by atoms with Crippen LogP contribution >= 0.6 is 11.3 Å². The maximum absolute atomic E-state index is 12.3. The van der Waals surface area contributed by atoms with Crippen LogP contribution in [0.3, 0.4) is 0 Å². The summed E-state index contributed by atoms with van der Waals surface area (Å²) >= 11 is 1.46. The van der Waals surface area contributed by atoms with Crippen molar-refractivity contribution in [3.05, 3.63) is 40.9 Å². The Morgan fingerprint density at radius 1 is 1.27 bits per heavy atom. The first-order valence-electron chi connectivity index (χ1n) is 8.18. The Hall–Kier alpha value is -2.13. The van der Waals surface area contributed by atoms with Gasteiger partial charge in [0.05, 0.1) is 0 Å². The van der Waals surface area contributed by atoms with Crippen molar-refractivity contribution in [3.8, 4) is 5.75 Å². The summed E-state index contributed by atoms with van der Waals surface area (Å²) in [5.41, 5.74) is 0.322. The third-order valence-electron chi connectivity index (χ3n) is 4.00. The quantitative estimate of drug-likeness (QED) is 0.822. The Labute approximate surface area is 152 Å². The molecule has 2 aromatic rings. The van der Waals surface area contributed by atoms with Crippen LogP contribution < -0.4 is 15.4 Å². The second kappa shape index (κ2) is 8.05. The van der Waals surface area contributed by atoms with Gasteiger partial charge in [0, 0.05) is 16.6 Å². The number of anilines is 1. The normalized spacial score (nSPS) is 15.7. The molecule has 1 fully saturated rings. The fourth-order valence-electron chi connectivity index (χ4n) is 2.68. The van der Waals surface area contributed by atoms with E-state index < -0.39 is 12.8 Å². The number of hydrogen-bond donors (Lipinski definition) is 2. The molecule has 2 N–H and O–H groups in total. The summed E-state index contributed by atoms with van der Waals surface area (Å²) in [5.74, 6) is 0.157. The lowest BCUT2D eigenvalue weighted by atomic mass is 9.97. The molecule has 1 amide bonds. The molecule has 0 radical (unpaired) electrons. The number of benzene rings is 1. The highest BCUT2D eigenvalue weighted by Gasteiger charge is 2.28. The third kappa shape index (κ3) is 5.18. The molecule has 26 heavy (non-hydrogen) atoms. The van der Waals surface area contributed by atoms with E-state index in [1.54, 1.807) is 6.20 Å². The molecule has 140 valence electrons. The Balaban J connectivity index is 1.57. The van der Waals surface area contributed by atoms with Crippen LogP contribution in [0.1, 0.15) is 34.0 Å². The topological polar surface area (TPSA) is 63.2 Å². The predicted molar refractivity (Wildman–Crippen MR) is 92.9 cm³/mol. The number of nitrogens with one attached hydrogen (secondary N) is 2. The molecule has 0 atom stereocenters. The fourth-order valence-corrected chi connectivity index (χ4v) is 3.66. The van der Waals surface area contributed by atoms with Crippen LogP contribution in [0.2, 0.25) is 0 Å². The Morgan fingerprint density at radius 3 is 2.62 bits per heavy atom. The largest absolute Gasteiger partial charge is 0.484 e. The number of halogens is 3. The lowest BCUT2D eigenvalue weighted by molar-refractivity contribution is -0.153. The van der Waals surface area contributed by atoms with E-state index in [0.717, 1.165) is 30.8 Å². The molecule has 2 heterocycles. The molecule has 1 aromatic carbocycles. The first-order valence-corrected chi connectivity index (χ1v) is 9.00. The van der Waals surface area contributed by atoms with Gasteiger partial charge >= 0.3 is 6.18 Å². The zero-order valence-corrected chi connectivity index (χ0v) is 14.6. The number of amides is 1. The van der Waals surface area contributed by atoms with Gasteiger partial charge in [-0.3, -0.25) is 10.1 Å². The average Bonchev–Trinajstić information content (AvgIpc) is 3.09. The van der Waals surface area contributed by atoms with Gasteiger partial charge in [0.2, 0.25) is 0 Å². The van der Waals surface area contributed by atoms with E-state index in [0.29, 0.717) is 16.6 Å². The summed E-state index contributed by atoms with van der Waals surface area (Å²) < 4.78 is 41.0. The van der Waals surface area contributed by atoms with Gasteiger partial charge in [0.25, 0.3) is 5.91 Å². The molecular formula is C17H18F3N3O2S. The number of thiazole rings is 1. The Bertz CT molecular complexity index is 740. The van der Waals surface area contributed by atoms with E-state index >= 15 is 0 Å². The van der Waals surface area contributed by atoms with Gasteiger partial charge in [-0.05, 0) is 56.1 Å². The second-order valence-electron chi connectivity index (χ2n) is 5.97. The van der Waals surface area contributed by atoms with E-state index in [9.17, 15) is 18.0 Å². The molecule has 3 rings (SSSR count). The van der Waals surface area contributed by atoms with E-state index in [1.807, 2.05) is 0 Å². The summed E-state index contributed by atoms with van der Waals surface area (Å²) in [6, 6.07) is 5.51. The lowest BCUT2D eigenvalue weighted by Crippen LogP contribution is -2.26. The van der Waals surface area contributed by atoms with Crippen LogP contribution in [0, 0.1) is 0 Å². The summed E-state index contributed by atoms with van der Waals surface area (Å²) in [6.45, 7) is 0.594. The van der Waals surface area contributed by atoms with Crippen molar-refractivity contribution < 1.29 is 22.7 Å². The smallest absolute Gasteiger partial charge is 0.422 e. The molecule has 0 unspecified atom stereocenters. The first kappa shape index (κ1) is 18.7. The van der Waals surface area contributed by atoms with E-state index in [2.05, 4.69) is 20.4 Å². The minimum atomic E-state index is -4.40. The van der Waals surface area contributed by atoms with Crippen molar-refractivity contribution in [1.29, 1.82) is 0 Å². The summed E-state index contributed by atoms with van der Waals surface area (Å²) in [5, 5.41) is 6.55. The van der Waals surface area contributed by atoms with E-state index in [4.69, 9.17) is 0 Å². The standard InChI is InChI=1S/C17H18F3N3O2S/c18-17(19,20)10-25-13-3-1-12(2-4-13)15(24)23-16-22-9-14(26-16)11-5-7-21-8-6-11/h1-4,9,11,21H,5-8,10H2,(H,22,23,24). The molecule has 0 spiro atoms. The van der Waals surface area contributed by atoms with Crippen LogP contribution in [0.5, 0.6) is 5.75 Å². The number of rotatable bonds is 5. The molecule has 0 saturated carbocycles. The zero-order valence-electron chi connectivity index (χ0n) is 13.8. The number of hydrogen-bond acceptors (Lipinski definition) is 5. The van der Waals surface area contributed by atoms with Gasteiger partial charge in [0.1, 0.15) is 5.75 Å². The maximum Gasteiger partial charge on any atom is 0.422 e. The molecule has 1 aliphatic rings. The lowest BCUT2D eigenvalue weighted by Gasteiger charge is -2.20. The summed E-state index contributed by atoms with van der Waals surface area (Å²) in [7, 11) is 0. The van der Waals surface area contributed by atoms with Crippen molar-refractivity contribution in [2.24, 2.45) is 0 Å². The van der Waals surface area contributed by atoms with Crippen LogP contribution in [-0.2, 0) is 0 Å². The average molecular weight is 385 g/mol. The Morgan fingerprint density at radius 2 is 1.96 bits per heavy atom. The zero-order chi connectivity index (χ0) is 18.6. The third-order valence-corrected chi connectivity index (χ3v) is 5.08. The number of carbonyl (C=O) groups excluding carboxylic acids is 1. The van der Waals surface area contributed by atoms with Crippen LogP contribution in [0.15, 0.2) is 30.5 Å². The minimum Gasteiger partial charge on any atom is -0.484 e. The van der Waals surface area contributed by atoms with Crippen molar-refractivity contribution in [2.45, 2.75) is 24.9 Å². The van der Waals surface area contributed by atoms with E-state index in [1.165, 1.54) is 35.6 Å². The fraction of sp³-hybridized carbons (Fsp3) is 0.412. The van der Waals surface area contributed by atoms with Gasteiger partial charge in [-0.2, -0.15) is 13.2 Å². The van der Waals surface area contributed by atoms with Crippen LogP contribution in [0.4, 0.5) is 18.3 Å². The van der Waals surface area contributed by atoms with Crippen molar-refractivity contribution in [2.75, 3.05) is 25.0 Å². The highest BCUT2D eigenvalue weighted by atomic mass is 32.1. The first-order chi connectivity index (χ1) is 12.4. The SMILES string of the molecule is O=C(Nc1ncc(C2CCNCC2)s1)c1ccc(OCC(F)(F)F)cc1. The van der Waals surface area contributed by atoms with Gasteiger partial charge in [-0.25, -0.2) is 4.98 Å². The molecule has 1 saturated heterocycles. The highest BCUT2D eigenvalue weighted by molar-refractivity contribution is 7.15. The molecule has 5 nitrogen and oxygen atoms in total. The number of piperidine rings is 1. The molecule has 0 bridgehead atoms. The molecule has 1 aliphatic heterocycles. The van der Waals surface area contributed by atoms with Gasteiger partial charge in [-0.15, -0.1) is 11.3 Å². The van der Waals surface area contributed by atoms with Crippen molar-refractivity contribution in [1.82, 2.24) is 10.3 Å². The summed E-state index contributed by atoms with van der Waals surface area (Å²) in [4.78, 5) is 17.7. The van der Waals surface area contributed by atoms with Gasteiger partial charge in [0.15, 0.2) is 11.7 Å². The molecular weight excluding hydrogens is 367 g/mol. The number of alkyl halides is 3.